The average molecular weight is 272 g/mol. The van der Waals surface area contributed by atoms with E-state index >= 15 is 0 Å². The van der Waals surface area contributed by atoms with E-state index in [4.69, 9.17) is 5.73 Å². The van der Waals surface area contributed by atoms with E-state index in [9.17, 15) is 9.59 Å². The summed E-state index contributed by atoms with van der Waals surface area (Å²) >= 11 is 0. The lowest BCUT2D eigenvalue weighted by Crippen LogP contribution is -2.33. The van der Waals surface area contributed by atoms with Crippen LogP contribution in [0.25, 0.3) is 0 Å². The van der Waals surface area contributed by atoms with Crippen LogP contribution in [-0.2, 0) is 9.59 Å². The van der Waals surface area contributed by atoms with Crippen LogP contribution in [0.1, 0.15) is 44.2 Å². The summed E-state index contributed by atoms with van der Waals surface area (Å²) in [6.45, 7) is 1.90. The minimum absolute atomic E-state index is 0.00891. The van der Waals surface area contributed by atoms with Gasteiger partial charge in [0.25, 0.3) is 0 Å². The van der Waals surface area contributed by atoms with E-state index in [1.54, 1.807) is 0 Å². The van der Waals surface area contributed by atoms with Crippen molar-refractivity contribution in [2.24, 2.45) is 11.8 Å². The van der Waals surface area contributed by atoms with E-state index in [0.717, 1.165) is 31.2 Å². The first-order valence-electron chi connectivity index (χ1n) is 7.32. The molecule has 0 aromatic heterocycles. The Morgan fingerprint density at radius 1 is 1.15 bits per heavy atom. The molecule has 2 N–H and O–H groups in total. The Hall–Kier alpha value is -1.84. The smallest absolute Gasteiger partial charge is 0.233 e. The normalized spacial score (nSPS) is 27.6. The standard InChI is InChI=1S/C16H20N2O2/c1-10(11-5-4-6-12(17)9-11)18-15(19)13-7-2-3-8-14(13)16(18)20/h4-6,9-10,13-14H,2-3,7-8,17H2,1H3. The summed E-state index contributed by atoms with van der Waals surface area (Å²) in [7, 11) is 0. The molecule has 3 rings (SSSR count). The zero-order valence-corrected chi connectivity index (χ0v) is 11.7. The number of nitrogens with two attached hydrogens (primary N) is 1. The van der Waals surface area contributed by atoms with Crippen molar-refractivity contribution in [2.45, 2.75) is 38.6 Å². The van der Waals surface area contributed by atoms with Gasteiger partial charge in [0, 0.05) is 5.69 Å². The van der Waals surface area contributed by atoms with Crippen LogP contribution in [0.15, 0.2) is 24.3 Å². The first-order chi connectivity index (χ1) is 9.59. The molecule has 1 aliphatic carbocycles. The fourth-order valence-corrected chi connectivity index (χ4v) is 3.54. The lowest BCUT2D eigenvalue weighted by Gasteiger charge is -2.23. The Balaban J connectivity index is 1.89. The molecule has 3 atom stereocenters. The van der Waals surface area contributed by atoms with Crippen molar-refractivity contribution in [1.29, 1.82) is 0 Å². The van der Waals surface area contributed by atoms with Crippen molar-refractivity contribution < 1.29 is 9.59 Å². The molecule has 3 unspecified atom stereocenters. The maximum Gasteiger partial charge on any atom is 0.233 e. The number of anilines is 1. The van der Waals surface area contributed by atoms with Crippen LogP contribution in [0.4, 0.5) is 5.69 Å². The number of carbonyl (C=O) groups excluding carboxylic acids is 2. The highest BCUT2D eigenvalue weighted by Gasteiger charge is 2.49. The van der Waals surface area contributed by atoms with Gasteiger partial charge in [-0.1, -0.05) is 25.0 Å². The van der Waals surface area contributed by atoms with Gasteiger partial charge in [-0.15, -0.1) is 0 Å². The van der Waals surface area contributed by atoms with E-state index in [2.05, 4.69) is 0 Å². The Bertz CT molecular complexity index is 531. The first-order valence-corrected chi connectivity index (χ1v) is 7.32. The second kappa shape index (κ2) is 4.93. The SMILES string of the molecule is CC(c1cccc(N)c1)N1C(=O)C2CCCCC2C1=O. The van der Waals surface area contributed by atoms with E-state index in [0.29, 0.717) is 5.69 Å². The monoisotopic (exact) mass is 272 g/mol. The Morgan fingerprint density at radius 3 is 2.30 bits per heavy atom. The average Bonchev–Trinajstić information content (AvgIpc) is 2.71. The van der Waals surface area contributed by atoms with Crippen molar-refractivity contribution in [1.82, 2.24) is 4.90 Å². The first kappa shape index (κ1) is 13.2. The largest absolute Gasteiger partial charge is 0.399 e. The molecule has 1 saturated heterocycles. The third kappa shape index (κ3) is 1.99. The lowest BCUT2D eigenvalue weighted by molar-refractivity contribution is -0.142. The second-order valence-electron chi connectivity index (χ2n) is 5.89. The van der Waals surface area contributed by atoms with Crippen molar-refractivity contribution in [2.75, 3.05) is 5.73 Å². The van der Waals surface area contributed by atoms with Crippen LogP contribution in [-0.4, -0.2) is 16.7 Å². The summed E-state index contributed by atoms with van der Waals surface area (Å²) in [5, 5.41) is 0. The van der Waals surface area contributed by atoms with E-state index in [1.165, 1.54) is 4.90 Å². The molecule has 2 aliphatic rings. The number of nitrogens with zero attached hydrogens (tertiary/aromatic N) is 1. The number of hydrogen-bond acceptors (Lipinski definition) is 3. The van der Waals surface area contributed by atoms with Crippen LogP contribution in [0.3, 0.4) is 0 Å². The molecule has 1 saturated carbocycles. The zero-order chi connectivity index (χ0) is 14.3. The second-order valence-corrected chi connectivity index (χ2v) is 5.89. The lowest BCUT2D eigenvalue weighted by atomic mass is 9.81. The van der Waals surface area contributed by atoms with Crippen molar-refractivity contribution >= 4 is 17.5 Å². The summed E-state index contributed by atoms with van der Waals surface area (Å²) in [6.07, 6.45) is 3.83. The maximum absolute atomic E-state index is 12.5. The number of fused-ring (bicyclic) bond motifs is 1. The van der Waals surface area contributed by atoms with Crippen LogP contribution in [0.5, 0.6) is 0 Å². The van der Waals surface area contributed by atoms with Gasteiger partial charge in [-0.3, -0.25) is 14.5 Å². The van der Waals surface area contributed by atoms with Gasteiger partial charge in [0.15, 0.2) is 0 Å². The molecule has 106 valence electrons. The Kier molecular flexibility index (Phi) is 3.24. The van der Waals surface area contributed by atoms with Gasteiger partial charge in [-0.05, 0) is 37.5 Å². The summed E-state index contributed by atoms with van der Waals surface area (Å²) < 4.78 is 0. The number of carbonyl (C=O) groups is 2. The quantitative estimate of drug-likeness (QED) is 0.664. The van der Waals surface area contributed by atoms with Gasteiger partial charge < -0.3 is 5.73 Å². The molecule has 1 aromatic carbocycles. The van der Waals surface area contributed by atoms with Crippen molar-refractivity contribution in [3.05, 3.63) is 29.8 Å². The predicted molar refractivity (Wildman–Crippen MR) is 76.6 cm³/mol. The fraction of sp³-hybridized carbons (Fsp3) is 0.500. The summed E-state index contributed by atoms with van der Waals surface area (Å²) in [5.74, 6) is -0.149. The molecule has 2 fully saturated rings. The van der Waals surface area contributed by atoms with Crippen molar-refractivity contribution in [3.8, 4) is 0 Å². The molecule has 0 bridgehead atoms. The molecule has 4 nitrogen and oxygen atoms in total. The number of rotatable bonds is 2. The van der Waals surface area contributed by atoms with Gasteiger partial charge in [-0.25, -0.2) is 0 Å². The molecular weight excluding hydrogens is 252 g/mol. The highest BCUT2D eigenvalue weighted by molar-refractivity contribution is 6.05. The van der Waals surface area contributed by atoms with Crippen LogP contribution >= 0.6 is 0 Å². The van der Waals surface area contributed by atoms with Crippen LogP contribution in [0, 0.1) is 11.8 Å². The highest BCUT2D eigenvalue weighted by Crippen LogP contribution is 2.41. The van der Waals surface area contributed by atoms with Gasteiger partial charge in [0.05, 0.1) is 17.9 Å². The van der Waals surface area contributed by atoms with E-state index in [-0.39, 0.29) is 29.7 Å². The molecule has 20 heavy (non-hydrogen) atoms. The maximum atomic E-state index is 12.5. The van der Waals surface area contributed by atoms with Gasteiger partial charge in [0.1, 0.15) is 0 Å². The number of benzene rings is 1. The van der Waals surface area contributed by atoms with Crippen molar-refractivity contribution in [3.63, 3.8) is 0 Å². The summed E-state index contributed by atoms with van der Waals surface area (Å²) in [4.78, 5) is 26.5. The molecule has 0 spiro atoms. The van der Waals surface area contributed by atoms with E-state index in [1.807, 2.05) is 31.2 Å². The van der Waals surface area contributed by atoms with Gasteiger partial charge in [0.2, 0.25) is 11.8 Å². The topological polar surface area (TPSA) is 63.4 Å². The molecule has 4 heteroatoms. The summed E-state index contributed by atoms with van der Waals surface area (Å²) in [5.41, 5.74) is 7.37. The van der Waals surface area contributed by atoms with Crippen LogP contribution < -0.4 is 5.73 Å². The predicted octanol–water partition coefficient (Wildman–Crippen LogP) is 2.51. The fourth-order valence-electron chi connectivity index (χ4n) is 3.54. The number of hydrogen-bond donors (Lipinski definition) is 1. The molecule has 1 aliphatic heterocycles. The molecule has 1 heterocycles. The molecule has 2 amide bonds. The minimum atomic E-state index is -0.232. The minimum Gasteiger partial charge on any atom is -0.399 e. The highest BCUT2D eigenvalue weighted by atomic mass is 16.2. The number of likely N-dealkylation sites (tertiary alicyclic amines) is 1. The van der Waals surface area contributed by atoms with E-state index < -0.39 is 0 Å². The molecular formula is C16H20N2O2. The van der Waals surface area contributed by atoms with Gasteiger partial charge in [-0.2, -0.15) is 0 Å². The number of imide groups is 1. The molecule has 0 radical (unpaired) electrons. The van der Waals surface area contributed by atoms with Crippen LogP contribution in [0.2, 0.25) is 0 Å². The summed E-state index contributed by atoms with van der Waals surface area (Å²) in [6, 6.07) is 7.20. The third-order valence-corrected chi connectivity index (χ3v) is 4.66. The third-order valence-electron chi connectivity index (χ3n) is 4.66. The Morgan fingerprint density at radius 2 is 1.75 bits per heavy atom. The molecule has 1 aromatic rings. The van der Waals surface area contributed by atoms with Gasteiger partial charge >= 0.3 is 0 Å². The Labute approximate surface area is 118 Å². The number of amides is 2. The zero-order valence-electron chi connectivity index (χ0n) is 11.7. The number of nitrogen functional groups attached to an aromatic ring is 1.